The summed E-state index contributed by atoms with van der Waals surface area (Å²) in [5.41, 5.74) is 0.511. The van der Waals surface area contributed by atoms with Crippen LogP contribution >= 0.6 is 0 Å². The van der Waals surface area contributed by atoms with Crippen LogP contribution in [0.1, 0.15) is 58.8 Å². The Labute approximate surface area is 116 Å². The van der Waals surface area contributed by atoms with Crippen LogP contribution in [0.2, 0.25) is 0 Å². The third-order valence-corrected chi connectivity index (χ3v) is 2.69. The lowest BCUT2D eigenvalue weighted by molar-refractivity contribution is -0.139. The van der Waals surface area contributed by atoms with Crippen molar-refractivity contribution in [1.29, 1.82) is 0 Å². The summed E-state index contributed by atoms with van der Waals surface area (Å²) in [4.78, 5) is 11.4. The molecule has 112 valence electrons. The highest BCUT2D eigenvalue weighted by atomic mass is 16.5. The zero-order valence-electron chi connectivity index (χ0n) is 12.3. The number of aliphatic hydroxyl groups excluding tert-OH is 1. The van der Waals surface area contributed by atoms with Gasteiger partial charge in [-0.05, 0) is 26.2 Å². The molecule has 19 heavy (non-hydrogen) atoms. The summed E-state index contributed by atoms with van der Waals surface area (Å²) >= 11 is 0. The van der Waals surface area contributed by atoms with Gasteiger partial charge in [-0.1, -0.05) is 32.6 Å². The van der Waals surface area contributed by atoms with Gasteiger partial charge in [0.05, 0.1) is 25.0 Å². The second kappa shape index (κ2) is 13.4. The van der Waals surface area contributed by atoms with Crippen molar-refractivity contribution >= 4 is 5.97 Å². The van der Waals surface area contributed by atoms with Crippen molar-refractivity contribution in [3.63, 3.8) is 0 Å². The number of esters is 1. The number of hydrogen-bond acceptors (Lipinski definition) is 4. The van der Waals surface area contributed by atoms with E-state index in [9.17, 15) is 4.79 Å². The molecule has 0 aromatic rings. The summed E-state index contributed by atoms with van der Waals surface area (Å²) in [5, 5.41) is 8.63. The molecular formula is C15H28O4. The minimum Gasteiger partial charge on any atom is -0.501 e. The van der Waals surface area contributed by atoms with Gasteiger partial charge in [-0.2, -0.15) is 0 Å². The third-order valence-electron chi connectivity index (χ3n) is 2.69. The van der Waals surface area contributed by atoms with E-state index < -0.39 is 0 Å². The SMILES string of the molecule is CCCOC(=O)C(C)=COCCCCCCCCO. The van der Waals surface area contributed by atoms with Gasteiger partial charge in [-0.15, -0.1) is 0 Å². The van der Waals surface area contributed by atoms with E-state index in [2.05, 4.69) is 0 Å². The summed E-state index contributed by atoms with van der Waals surface area (Å²) < 4.78 is 10.3. The van der Waals surface area contributed by atoms with Gasteiger partial charge in [0.1, 0.15) is 0 Å². The monoisotopic (exact) mass is 272 g/mol. The first-order chi connectivity index (χ1) is 9.22. The zero-order chi connectivity index (χ0) is 14.3. The number of rotatable bonds is 12. The highest BCUT2D eigenvalue weighted by Gasteiger charge is 2.04. The van der Waals surface area contributed by atoms with Gasteiger partial charge in [-0.25, -0.2) is 4.79 Å². The topological polar surface area (TPSA) is 55.8 Å². The van der Waals surface area contributed by atoms with E-state index in [-0.39, 0.29) is 5.97 Å². The first-order valence-corrected chi connectivity index (χ1v) is 7.28. The van der Waals surface area contributed by atoms with Gasteiger partial charge in [0, 0.05) is 6.61 Å². The number of aliphatic hydroxyl groups is 1. The molecule has 4 nitrogen and oxygen atoms in total. The fraction of sp³-hybridized carbons (Fsp3) is 0.800. The van der Waals surface area contributed by atoms with Crippen molar-refractivity contribution in [2.45, 2.75) is 58.8 Å². The minimum atomic E-state index is -0.300. The summed E-state index contributed by atoms with van der Waals surface area (Å²) in [7, 11) is 0. The van der Waals surface area contributed by atoms with Gasteiger partial charge >= 0.3 is 5.97 Å². The molecule has 0 atom stereocenters. The number of carbonyl (C=O) groups is 1. The van der Waals surface area contributed by atoms with E-state index in [0.717, 1.165) is 32.1 Å². The molecule has 0 fully saturated rings. The van der Waals surface area contributed by atoms with Crippen LogP contribution < -0.4 is 0 Å². The standard InChI is InChI=1S/C15H28O4/c1-3-11-19-15(17)14(2)13-18-12-9-7-5-4-6-8-10-16/h13,16H,3-12H2,1-2H3. The van der Waals surface area contributed by atoms with Crippen LogP contribution in [0.25, 0.3) is 0 Å². The zero-order valence-corrected chi connectivity index (χ0v) is 12.3. The second-order valence-electron chi connectivity index (χ2n) is 4.65. The van der Waals surface area contributed by atoms with E-state index in [1.165, 1.54) is 19.1 Å². The molecule has 0 saturated carbocycles. The molecule has 0 bridgehead atoms. The molecule has 0 aromatic carbocycles. The maximum atomic E-state index is 11.4. The molecule has 0 rings (SSSR count). The summed E-state index contributed by atoms with van der Waals surface area (Å²) in [5.74, 6) is -0.300. The highest BCUT2D eigenvalue weighted by Crippen LogP contribution is 2.05. The van der Waals surface area contributed by atoms with E-state index in [1.807, 2.05) is 6.92 Å². The van der Waals surface area contributed by atoms with Gasteiger partial charge < -0.3 is 14.6 Å². The quantitative estimate of drug-likeness (QED) is 0.256. The lowest BCUT2D eigenvalue weighted by atomic mass is 10.1. The summed E-state index contributed by atoms with van der Waals surface area (Å²) in [6, 6.07) is 0. The molecule has 0 heterocycles. The Morgan fingerprint density at radius 3 is 2.32 bits per heavy atom. The summed E-state index contributed by atoms with van der Waals surface area (Å²) in [6.07, 6.45) is 8.77. The van der Waals surface area contributed by atoms with E-state index in [1.54, 1.807) is 6.92 Å². The number of carbonyl (C=O) groups excluding carboxylic acids is 1. The normalized spacial score (nSPS) is 11.4. The molecule has 0 aliphatic rings. The van der Waals surface area contributed by atoms with Crippen LogP contribution in [0.15, 0.2) is 11.8 Å². The van der Waals surface area contributed by atoms with Crippen molar-refractivity contribution in [2.75, 3.05) is 19.8 Å². The molecule has 0 unspecified atom stereocenters. The first-order valence-electron chi connectivity index (χ1n) is 7.28. The van der Waals surface area contributed by atoms with Crippen LogP contribution in [0.4, 0.5) is 0 Å². The average Bonchev–Trinajstić information content (AvgIpc) is 2.42. The van der Waals surface area contributed by atoms with Crippen LogP contribution in [0.3, 0.4) is 0 Å². The Bertz CT molecular complexity index is 249. The number of hydrogen-bond donors (Lipinski definition) is 1. The fourth-order valence-electron chi connectivity index (χ4n) is 1.54. The minimum absolute atomic E-state index is 0.293. The van der Waals surface area contributed by atoms with Crippen LogP contribution in [0, 0.1) is 0 Å². The van der Waals surface area contributed by atoms with Crippen molar-refractivity contribution < 1.29 is 19.4 Å². The molecule has 4 heteroatoms. The molecular weight excluding hydrogens is 244 g/mol. The van der Waals surface area contributed by atoms with Crippen LogP contribution in [-0.4, -0.2) is 30.9 Å². The Hall–Kier alpha value is -1.03. The fourth-order valence-corrected chi connectivity index (χ4v) is 1.54. The Morgan fingerprint density at radius 2 is 1.68 bits per heavy atom. The average molecular weight is 272 g/mol. The largest absolute Gasteiger partial charge is 0.501 e. The van der Waals surface area contributed by atoms with Crippen molar-refractivity contribution in [3.05, 3.63) is 11.8 Å². The number of ether oxygens (including phenoxy) is 2. The maximum absolute atomic E-state index is 11.4. The molecule has 0 aliphatic carbocycles. The van der Waals surface area contributed by atoms with Gasteiger partial charge in [0.25, 0.3) is 0 Å². The van der Waals surface area contributed by atoms with Gasteiger partial charge in [0.2, 0.25) is 0 Å². The van der Waals surface area contributed by atoms with Crippen molar-refractivity contribution in [3.8, 4) is 0 Å². The maximum Gasteiger partial charge on any atom is 0.336 e. The molecule has 1 N–H and O–H groups in total. The van der Waals surface area contributed by atoms with Gasteiger partial charge in [-0.3, -0.25) is 0 Å². The van der Waals surface area contributed by atoms with Crippen LogP contribution in [0.5, 0.6) is 0 Å². The van der Waals surface area contributed by atoms with E-state index in [4.69, 9.17) is 14.6 Å². The predicted octanol–water partition coefficient (Wildman–Crippen LogP) is 3.19. The molecule has 0 radical (unpaired) electrons. The van der Waals surface area contributed by atoms with E-state index in [0.29, 0.717) is 25.4 Å². The highest BCUT2D eigenvalue weighted by molar-refractivity contribution is 5.87. The Kier molecular flexibility index (Phi) is 12.7. The summed E-state index contributed by atoms with van der Waals surface area (Å²) in [6.45, 7) is 5.05. The molecule has 0 saturated heterocycles. The molecule has 0 amide bonds. The molecule has 0 spiro atoms. The Balaban J connectivity index is 3.43. The van der Waals surface area contributed by atoms with Crippen molar-refractivity contribution in [1.82, 2.24) is 0 Å². The third kappa shape index (κ3) is 11.8. The lowest BCUT2D eigenvalue weighted by Gasteiger charge is -2.04. The van der Waals surface area contributed by atoms with Crippen LogP contribution in [-0.2, 0) is 14.3 Å². The number of unbranched alkanes of at least 4 members (excludes halogenated alkanes) is 5. The Morgan fingerprint density at radius 1 is 1.05 bits per heavy atom. The van der Waals surface area contributed by atoms with E-state index >= 15 is 0 Å². The van der Waals surface area contributed by atoms with Gasteiger partial charge in [0.15, 0.2) is 0 Å². The smallest absolute Gasteiger partial charge is 0.336 e. The first kappa shape index (κ1) is 18.0. The predicted molar refractivity (Wildman–Crippen MR) is 75.7 cm³/mol. The molecule has 0 aliphatic heterocycles. The second-order valence-corrected chi connectivity index (χ2v) is 4.65. The lowest BCUT2D eigenvalue weighted by Crippen LogP contribution is -2.07. The van der Waals surface area contributed by atoms with Crippen molar-refractivity contribution in [2.24, 2.45) is 0 Å². The molecule has 0 aromatic heterocycles.